The average Bonchev–Trinajstić information content (AvgIpc) is 3.85. The first-order valence-corrected chi connectivity index (χ1v) is 28.8. The van der Waals surface area contributed by atoms with Crippen molar-refractivity contribution in [2.45, 2.75) is 195 Å². The maximum atomic E-state index is 12.3. The molecule has 1 aromatic heterocycles. The van der Waals surface area contributed by atoms with Crippen molar-refractivity contribution in [1.29, 1.82) is 0 Å². The summed E-state index contributed by atoms with van der Waals surface area (Å²) >= 11 is 0. The van der Waals surface area contributed by atoms with Crippen LogP contribution in [0.15, 0.2) is 0 Å². The second-order valence-corrected chi connectivity index (χ2v) is 21.7. The molecule has 1 aromatic rings. The lowest BCUT2D eigenvalue weighted by atomic mass is 9.84. The molecular weight excluding hydrogens is 965 g/mol. The minimum Gasteiger partial charge on any atom is -0.481 e. The largest absolute Gasteiger partial charge is 0.481 e. The minimum atomic E-state index is -3.17. The van der Waals surface area contributed by atoms with Gasteiger partial charge in [-0.1, -0.05) is 117 Å². The fourth-order valence-electron chi connectivity index (χ4n) is 7.40. The van der Waals surface area contributed by atoms with Crippen LogP contribution in [-0.4, -0.2) is 153 Å². The Balaban J connectivity index is 0.00000154. The standard InChI is InChI=1S/C31H54N2O11.C21H40N4O3S/c1-5-25(34)10-8-15-41-17-19-43-23-29(38)33-14-16-42-18-20-44-22-28(37)32-13-7-6-9-24(26(35)21-30(39)40)11-12-27(36)31(2,3)4;1-2-18-29(27,28)19-20(26)16-14-12-10-8-6-4-3-5-7-9-11-13-15-17-21-22-24-25-23-21/h24H,5-23H2,1-4H3,(H,32,37)(H,33,38)(H,39,40);2-19H2,1H3,(H,22,23,24,25)/t24-;/m1./s1. The van der Waals surface area contributed by atoms with Crippen molar-refractivity contribution >= 4 is 50.8 Å². The predicted octanol–water partition coefficient (Wildman–Crippen LogP) is 6.87. The Morgan fingerprint density at radius 2 is 1.15 bits per heavy atom. The van der Waals surface area contributed by atoms with Crippen molar-refractivity contribution in [3.05, 3.63) is 5.82 Å². The van der Waals surface area contributed by atoms with Gasteiger partial charge in [-0.15, -0.1) is 10.2 Å². The first kappa shape index (κ1) is 69.0. The van der Waals surface area contributed by atoms with Crippen molar-refractivity contribution in [2.75, 3.05) is 77.5 Å². The van der Waals surface area contributed by atoms with E-state index in [4.69, 9.17) is 24.1 Å². The van der Waals surface area contributed by atoms with E-state index in [1.165, 1.54) is 57.8 Å². The molecule has 0 aromatic carbocycles. The zero-order chi connectivity index (χ0) is 54.4. The van der Waals surface area contributed by atoms with Crippen LogP contribution in [0.1, 0.15) is 195 Å². The van der Waals surface area contributed by atoms with Gasteiger partial charge >= 0.3 is 5.97 Å². The third-order valence-electron chi connectivity index (χ3n) is 11.7. The number of carboxylic acid groups (broad SMARTS) is 1. The summed E-state index contributed by atoms with van der Waals surface area (Å²) < 4.78 is 44.4. The van der Waals surface area contributed by atoms with Gasteiger partial charge in [0.25, 0.3) is 0 Å². The minimum absolute atomic E-state index is 0.0314. The second-order valence-electron chi connectivity index (χ2n) is 19.5. The number of Topliss-reactive ketones (excluding diaryl/α,β-unsaturated/α-hetero) is 4. The van der Waals surface area contributed by atoms with Gasteiger partial charge in [0.1, 0.15) is 48.5 Å². The highest BCUT2D eigenvalue weighted by Gasteiger charge is 2.26. The molecule has 0 aliphatic carbocycles. The third kappa shape index (κ3) is 45.1. The molecule has 21 heteroatoms. The predicted molar refractivity (Wildman–Crippen MR) is 279 cm³/mol. The summed E-state index contributed by atoms with van der Waals surface area (Å²) in [6, 6.07) is 0. The van der Waals surface area contributed by atoms with Crippen LogP contribution in [-0.2, 0) is 68.8 Å². The number of aromatic amines is 1. The molecule has 0 spiro atoms. The van der Waals surface area contributed by atoms with E-state index >= 15 is 0 Å². The van der Waals surface area contributed by atoms with Gasteiger partial charge in [-0.3, -0.25) is 33.6 Å². The van der Waals surface area contributed by atoms with E-state index < -0.39 is 33.6 Å². The Hall–Kier alpha value is -4.05. The fraction of sp³-hybridized carbons (Fsp3) is 0.846. The van der Waals surface area contributed by atoms with E-state index in [9.17, 15) is 42.0 Å². The highest BCUT2D eigenvalue weighted by molar-refractivity contribution is 7.92. The zero-order valence-corrected chi connectivity index (χ0v) is 46.1. The second kappa shape index (κ2) is 45.4. The number of hydrogen-bond acceptors (Lipinski definition) is 16. The van der Waals surface area contributed by atoms with Crippen LogP contribution in [0.2, 0.25) is 0 Å². The molecule has 0 unspecified atom stereocenters. The van der Waals surface area contributed by atoms with Gasteiger partial charge in [0.15, 0.2) is 15.7 Å². The molecule has 1 heterocycles. The molecule has 0 fully saturated rings. The number of rotatable bonds is 49. The number of unbranched alkanes of at least 4 members (excludes halogenated alkanes) is 13. The number of hydrogen-bond donors (Lipinski definition) is 4. The number of ketones is 4. The van der Waals surface area contributed by atoms with Crippen LogP contribution >= 0.6 is 0 Å². The Labute approximate surface area is 436 Å². The number of sulfone groups is 1. The molecule has 0 radical (unpaired) electrons. The van der Waals surface area contributed by atoms with E-state index in [-0.39, 0.29) is 92.5 Å². The number of aryl methyl sites for hydroxylation is 1. The molecule has 2 amide bonds. The first-order chi connectivity index (χ1) is 34.9. The highest BCUT2D eigenvalue weighted by Crippen LogP contribution is 2.23. The number of ether oxygens (including phenoxy) is 4. The Morgan fingerprint density at radius 3 is 1.68 bits per heavy atom. The molecule has 20 nitrogen and oxygen atoms in total. The van der Waals surface area contributed by atoms with Crippen LogP contribution < -0.4 is 10.6 Å². The van der Waals surface area contributed by atoms with Gasteiger partial charge in [0, 0.05) is 63.1 Å². The molecular formula is C52H94N6O14S. The van der Waals surface area contributed by atoms with Crippen molar-refractivity contribution in [3.8, 4) is 0 Å². The smallest absolute Gasteiger partial charge is 0.310 e. The molecule has 4 N–H and O–H groups in total. The molecule has 1 atom stereocenters. The van der Waals surface area contributed by atoms with E-state index in [0.717, 1.165) is 37.9 Å². The van der Waals surface area contributed by atoms with Gasteiger partial charge in [-0.25, -0.2) is 8.42 Å². The number of amides is 2. The molecule has 0 aliphatic rings. The third-order valence-corrected chi connectivity index (χ3v) is 13.5. The lowest BCUT2D eigenvalue weighted by Gasteiger charge is -2.19. The number of aromatic nitrogens is 4. The number of tetrazole rings is 1. The van der Waals surface area contributed by atoms with E-state index in [1.54, 1.807) is 0 Å². The van der Waals surface area contributed by atoms with Crippen molar-refractivity contribution < 1.29 is 66.0 Å². The molecule has 1 rings (SSSR count). The summed E-state index contributed by atoms with van der Waals surface area (Å²) in [5.74, 6) is -1.80. The van der Waals surface area contributed by atoms with Crippen molar-refractivity contribution in [3.63, 3.8) is 0 Å². The summed E-state index contributed by atoms with van der Waals surface area (Å²) in [7, 11) is -3.17. The number of carboxylic acids is 1. The molecule has 0 bridgehead atoms. The van der Waals surface area contributed by atoms with Crippen LogP contribution in [0.25, 0.3) is 0 Å². The average molecular weight is 1060 g/mol. The van der Waals surface area contributed by atoms with E-state index in [0.29, 0.717) is 84.1 Å². The number of aliphatic carboxylic acids is 1. The maximum absolute atomic E-state index is 12.3. The number of carbonyl (C=O) groups is 7. The van der Waals surface area contributed by atoms with Crippen LogP contribution in [0.3, 0.4) is 0 Å². The van der Waals surface area contributed by atoms with Gasteiger partial charge in [-0.05, 0) is 44.9 Å². The molecule has 0 aliphatic heterocycles. The van der Waals surface area contributed by atoms with Crippen LogP contribution in [0.4, 0.5) is 0 Å². The summed E-state index contributed by atoms with van der Waals surface area (Å²) in [6.45, 7) is 11.4. The zero-order valence-electron chi connectivity index (χ0n) is 45.2. The van der Waals surface area contributed by atoms with E-state index in [2.05, 4.69) is 31.3 Å². The number of nitrogens with one attached hydrogen (secondary N) is 3. The van der Waals surface area contributed by atoms with Crippen LogP contribution in [0, 0.1) is 11.3 Å². The Bertz CT molecular complexity index is 1740. The van der Waals surface area contributed by atoms with E-state index in [1.807, 2.05) is 34.6 Å². The normalized spacial score (nSPS) is 11.9. The Kier molecular flexibility index (Phi) is 42.8. The van der Waals surface area contributed by atoms with Crippen molar-refractivity contribution in [1.82, 2.24) is 31.3 Å². The number of H-pyrrole nitrogens is 1. The number of nitrogens with zero attached hydrogens (tertiary/aromatic N) is 3. The van der Waals surface area contributed by atoms with Gasteiger partial charge in [0.2, 0.25) is 11.8 Å². The monoisotopic (exact) mass is 1060 g/mol. The topological polar surface area (TPSA) is 289 Å². The fourth-order valence-corrected chi connectivity index (χ4v) is 8.81. The molecule has 0 saturated heterocycles. The van der Waals surface area contributed by atoms with Gasteiger partial charge in [-0.2, -0.15) is 5.21 Å². The maximum Gasteiger partial charge on any atom is 0.310 e. The highest BCUT2D eigenvalue weighted by atomic mass is 32.2. The molecule has 73 heavy (non-hydrogen) atoms. The lowest BCUT2D eigenvalue weighted by molar-refractivity contribution is -0.141. The molecule has 422 valence electrons. The van der Waals surface area contributed by atoms with Crippen molar-refractivity contribution in [2.24, 2.45) is 11.3 Å². The SMILES string of the molecule is CCC(=O)CCCOCCOCC(=O)NCCOCCOCC(=O)NCCCC[C@H](CCC(=O)C(C)(C)C)C(=O)CC(=O)O.CCCS(=O)(=O)CC(=O)CCCCCCCCCCCCCCCc1nn[nH]n1. The molecule has 0 saturated carbocycles. The Morgan fingerprint density at radius 1 is 0.616 bits per heavy atom. The number of carbonyl (C=O) groups excluding carboxylic acids is 6. The van der Waals surface area contributed by atoms with Crippen LogP contribution in [0.5, 0.6) is 0 Å². The summed E-state index contributed by atoms with van der Waals surface area (Å²) in [4.78, 5) is 82.1. The lowest BCUT2D eigenvalue weighted by Crippen LogP contribution is -2.31. The quantitative estimate of drug-likeness (QED) is 0.0382. The summed E-state index contributed by atoms with van der Waals surface area (Å²) in [6.07, 6.45) is 21.0. The first-order valence-electron chi connectivity index (χ1n) is 27.0. The summed E-state index contributed by atoms with van der Waals surface area (Å²) in [5, 5.41) is 28.3. The summed E-state index contributed by atoms with van der Waals surface area (Å²) in [5.41, 5.74) is -0.511. The van der Waals surface area contributed by atoms with Gasteiger partial charge < -0.3 is 34.7 Å². The van der Waals surface area contributed by atoms with Gasteiger partial charge in [0.05, 0.1) is 38.8 Å².